The highest BCUT2D eigenvalue weighted by Gasteiger charge is 2.19. The number of carbonyl (C=O) groups is 1. The molecule has 0 spiro atoms. The normalized spacial score (nSPS) is 11.9. The van der Waals surface area contributed by atoms with Crippen molar-refractivity contribution in [1.82, 2.24) is 4.31 Å². The van der Waals surface area contributed by atoms with Gasteiger partial charge in [-0.25, -0.2) is 8.42 Å². The van der Waals surface area contributed by atoms with Crippen LogP contribution >= 0.6 is 0 Å². The van der Waals surface area contributed by atoms with Crippen molar-refractivity contribution in [2.75, 3.05) is 25.4 Å². The minimum Gasteiger partial charge on any atom is -0.481 e. The monoisotopic (exact) mass is 239 g/mol. The summed E-state index contributed by atoms with van der Waals surface area (Å²) in [5, 5.41) is 17.0. The SMILES string of the molecule is CCN(CCO)S(=O)(=O)CCCC(=O)O. The number of carboxylic acids is 1. The van der Waals surface area contributed by atoms with E-state index in [-0.39, 0.29) is 38.3 Å². The molecular formula is C8H17NO5S. The van der Waals surface area contributed by atoms with Gasteiger partial charge in [0.05, 0.1) is 12.4 Å². The van der Waals surface area contributed by atoms with E-state index >= 15 is 0 Å². The molecule has 6 nitrogen and oxygen atoms in total. The van der Waals surface area contributed by atoms with Crippen molar-refractivity contribution >= 4 is 16.0 Å². The smallest absolute Gasteiger partial charge is 0.303 e. The van der Waals surface area contributed by atoms with Crippen LogP contribution in [-0.4, -0.2) is 54.4 Å². The molecule has 0 radical (unpaired) electrons. The Labute approximate surface area is 89.6 Å². The molecule has 0 aliphatic carbocycles. The molecule has 0 saturated heterocycles. The van der Waals surface area contributed by atoms with Crippen LogP contribution in [0.15, 0.2) is 0 Å². The second-order valence-electron chi connectivity index (χ2n) is 3.03. The second kappa shape index (κ2) is 6.76. The molecular weight excluding hydrogens is 222 g/mol. The van der Waals surface area contributed by atoms with Gasteiger partial charge in [0, 0.05) is 19.5 Å². The first-order valence-corrected chi connectivity index (χ1v) is 6.35. The number of aliphatic carboxylic acids is 1. The maximum atomic E-state index is 11.6. The third-order valence-corrected chi connectivity index (χ3v) is 3.92. The van der Waals surface area contributed by atoms with Gasteiger partial charge in [0.15, 0.2) is 0 Å². The molecule has 0 aromatic carbocycles. The summed E-state index contributed by atoms with van der Waals surface area (Å²) in [4.78, 5) is 10.2. The Bertz CT molecular complexity index is 287. The van der Waals surface area contributed by atoms with Crippen molar-refractivity contribution in [3.8, 4) is 0 Å². The van der Waals surface area contributed by atoms with Crippen LogP contribution in [0.5, 0.6) is 0 Å². The van der Waals surface area contributed by atoms with Crippen LogP contribution in [0.25, 0.3) is 0 Å². The number of aliphatic hydroxyl groups is 1. The van der Waals surface area contributed by atoms with Crippen molar-refractivity contribution in [3.63, 3.8) is 0 Å². The van der Waals surface area contributed by atoms with Gasteiger partial charge in [-0.2, -0.15) is 4.31 Å². The Hall–Kier alpha value is -0.660. The van der Waals surface area contributed by atoms with Crippen LogP contribution in [-0.2, 0) is 14.8 Å². The number of likely N-dealkylation sites (N-methyl/N-ethyl adjacent to an activating group) is 1. The summed E-state index contributed by atoms with van der Waals surface area (Å²) in [6.07, 6.45) is -0.0600. The van der Waals surface area contributed by atoms with E-state index in [1.54, 1.807) is 6.92 Å². The zero-order chi connectivity index (χ0) is 11.9. The zero-order valence-electron chi connectivity index (χ0n) is 8.72. The number of carboxylic acid groups (broad SMARTS) is 1. The van der Waals surface area contributed by atoms with E-state index in [1.807, 2.05) is 0 Å². The summed E-state index contributed by atoms with van der Waals surface area (Å²) in [5.41, 5.74) is 0. The average Bonchev–Trinajstić information content (AvgIpc) is 2.12. The molecule has 0 heterocycles. The number of hydrogen-bond acceptors (Lipinski definition) is 4. The molecule has 0 unspecified atom stereocenters. The first kappa shape index (κ1) is 14.3. The van der Waals surface area contributed by atoms with Gasteiger partial charge in [0.2, 0.25) is 10.0 Å². The average molecular weight is 239 g/mol. The van der Waals surface area contributed by atoms with Gasteiger partial charge < -0.3 is 10.2 Å². The fraction of sp³-hybridized carbons (Fsp3) is 0.875. The highest BCUT2D eigenvalue weighted by Crippen LogP contribution is 2.04. The van der Waals surface area contributed by atoms with Gasteiger partial charge in [-0.1, -0.05) is 6.92 Å². The van der Waals surface area contributed by atoms with Crippen molar-refractivity contribution in [3.05, 3.63) is 0 Å². The number of nitrogens with zero attached hydrogens (tertiary/aromatic N) is 1. The molecule has 0 aliphatic heterocycles. The molecule has 0 bridgehead atoms. The number of aliphatic hydroxyl groups excluding tert-OH is 1. The Morgan fingerprint density at radius 2 is 2.00 bits per heavy atom. The zero-order valence-corrected chi connectivity index (χ0v) is 9.53. The largest absolute Gasteiger partial charge is 0.481 e. The van der Waals surface area contributed by atoms with Gasteiger partial charge in [-0.3, -0.25) is 4.79 Å². The van der Waals surface area contributed by atoms with Gasteiger partial charge >= 0.3 is 5.97 Å². The van der Waals surface area contributed by atoms with Crippen LogP contribution in [0.1, 0.15) is 19.8 Å². The molecule has 0 aromatic heterocycles. The Kier molecular flexibility index (Phi) is 6.46. The third kappa shape index (κ3) is 5.71. The molecule has 0 saturated carbocycles. The number of hydrogen-bond donors (Lipinski definition) is 2. The lowest BCUT2D eigenvalue weighted by Gasteiger charge is -2.18. The van der Waals surface area contributed by atoms with E-state index in [1.165, 1.54) is 0 Å². The summed E-state index contributed by atoms with van der Waals surface area (Å²) in [5.74, 6) is -1.19. The summed E-state index contributed by atoms with van der Waals surface area (Å²) >= 11 is 0. The third-order valence-electron chi connectivity index (χ3n) is 1.89. The molecule has 7 heteroatoms. The van der Waals surface area contributed by atoms with Crippen molar-refractivity contribution in [2.24, 2.45) is 0 Å². The molecule has 0 aliphatic rings. The van der Waals surface area contributed by atoms with Gasteiger partial charge in [-0.15, -0.1) is 0 Å². The highest BCUT2D eigenvalue weighted by atomic mass is 32.2. The molecule has 0 rings (SSSR count). The maximum Gasteiger partial charge on any atom is 0.303 e. The van der Waals surface area contributed by atoms with Crippen LogP contribution in [0.3, 0.4) is 0 Å². The van der Waals surface area contributed by atoms with Crippen LogP contribution in [0.2, 0.25) is 0 Å². The standard InChI is InChI=1S/C8H17NO5S/c1-2-9(5-6-10)15(13,14)7-3-4-8(11)12/h10H,2-7H2,1H3,(H,11,12). The predicted molar refractivity (Wildman–Crippen MR) is 55.0 cm³/mol. The first-order chi connectivity index (χ1) is 6.94. The topological polar surface area (TPSA) is 94.9 Å². The Balaban J connectivity index is 4.20. The predicted octanol–water partition coefficient (Wildman–Crippen LogP) is -0.505. The molecule has 90 valence electrons. The van der Waals surface area contributed by atoms with E-state index in [0.29, 0.717) is 0 Å². The lowest BCUT2D eigenvalue weighted by molar-refractivity contribution is -0.137. The number of sulfonamides is 1. The van der Waals surface area contributed by atoms with Gasteiger partial charge in [0.1, 0.15) is 0 Å². The molecule has 0 amide bonds. The summed E-state index contributed by atoms with van der Waals surface area (Å²) in [7, 11) is -3.42. The summed E-state index contributed by atoms with van der Waals surface area (Å²) < 4.78 is 24.3. The second-order valence-corrected chi connectivity index (χ2v) is 5.12. The van der Waals surface area contributed by atoms with Crippen LogP contribution in [0, 0.1) is 0 Å². The highest BCUT2D eigenvalue weighted by molar-refractivity contribution is 7.89. The van der Waals surface area contributed by atoms with E-state index in [4.69, 9.17) is 10.2 Å². The van der Waals surface area contributed by atoms with Gasteiger partial charge in [-0.05, 0) is 6.42 Å². The van der Waals surface area contributed by atoms with E-state index < -0.39 is 16.0 Å². The van der Waals surface area contributed by atoms with E-state index in [2.05, 4.69) is 0 Å². The molecule has 2 N–H and O–H groups in total. The molecule has 15 heavy (non-hydrogen) atoms. The van der Waals surface area contributed by atoms with Crippen molar-refractivity contribution in [1.29, 1.82) is 0 Å². The van der Waals surface area contributed by atoms with Crippen LogP contribution in [0.4, 0.5) is 0 Å². The van der Waals surface area contributed by atoms with Crippen molar-refractivity contribution in [2.45, 2.75) is 19.8 Å². The number of rotatable bonds is 8. The maximum absolute atomic E-state index is 11.6. The molecule has 0 fully saturated rings. The summed E-state index contributed by atoms with van der Waals surface area (Å²) in [6, 6.07) is 0. The fourth-order valence-electron chi connectivity index (χ4n) is 1.14. The molecule has 0 aromatic rings. The van der Waals surface area contributed by atoms with Crippen molar-refractivity contribution < 1.29 is 23.4 Å². The Morgan fingerprint density at radius 3 is 2.40 bits per heavy atom. The summed E-state index contributed by atoms with van der Waals surface area (Å²) in [6.45, 7) is 1.79. The lowest BCUT2D eigenvalue weighted by Crippen LogP contribution is -2.35. The fourth-order valence-corrected chi connectivity index (χ4v) is 2.66. The first-order valence-electron chi connectivity index (χ1n) is 4.74. The minimum atomic E-state index is -3.42. The molecule has 0 atom stereocenters. The van der Waals surface area contributed by atoms with E-state index in [0.717, 1.165) is 4.31 Å². The quantitative estimate of drug-likeness (QED) is 0.595. The van der Waals surface area contributed by atoms with Crippen LogP contribution < -0.4 is 0 Å². The minimum absolute atomic E-state index is 0.0614. The lowest BCUT2D eigenvalue weighted by atomic mass is 10.3. The van der Waals surface area contributed by atoms with Gasteiger partial charge in [0.25, 0.3) is 0 Å². The Morgan fingerprint density at radius 1 is 1.40 bits per heavy atom. The van der Waals surface area contributed by atoms with E-state index in [9.17, 15) is 13.2 Å².